The van der Waals surface area contributed by atoms with Crippen molar-refractivity contribution < 1.29 is 9.59 Å². The summed E-state index contributed by atoms with van der Waals surface area (Å²) in [6.45, 7) is 5.27. The normalized spacial score (nSPS) is 14.7. The van der Waals surface area contributed by atoms with E-state index in [1.165, 1.54) is 17.1 Å². The summed E-state index contributed by atoms with van der Waals surface area (Å²) in [6, 6.07) is 3.23. The number of likely N-dealkylation sites (tertiary alicyclic amines) is 1. The molecule has 0 bridgehead atoms. The van der Waals surface area contributed by atoms with E-state index in [0.29, 0.717) is 50.5 Å². The van der Waals surface area contributed by atoms with Gasteiger partial charge in [0, 0.05) is 19.3 Å². The third-order valence-electron chi connectivity index (χ3n) is 5.53. The van der Waals surface area contributed by atoms with Crippen LogP contribution in [0.3, 0.4) is 0 Å². The van der Waals surface area contributed by atoms with E-state index in [1.54, 1.807) is 24.0 Å². The quantitative estimate of drug-likeness (QED) is 0.645. The summed E-state index contributed by atoms with van der Waals surface area (Å²) in [6.07, 6.45) is 4.77. The predicted octanol–water partition coefficient (Wildman–Crippen LogP) is 3.33. The first-order chi connectivity index (χ1) is 14.8. The third kappa shape index (κ3) is 4.47. The molecular formula is C21H22ClN5O3S. The fourth-order valence-corrected chi connectivity index (χ4v) is 4.76. The molecule has 31 heavy (non-hydrogen) atoms. The molecule has 2 amide bonds. The largest absolute Gasteiger partial charge is 0.341 e. The molecule has 8 nitrogen and oxygen atoms in total. The summed E-state index contributed by atoms with van der Waals surface area (Å²) >= 11 is 6.96. The van der Waals surface area contributed by atoms with Crippen molar-refractivity contribution in [3.8, 4) is 0 Å². The average molecular weight is 460 g/mol. The molecule has 1 N–H and O–H groups in total. The first-order valence-electron chi connectivity index (χ1n) is 10.0. The van der Waals surface area contributed by atoms with Crippen LogP contribution in [0.15, 0.2) is 29.5 Å². The van der Waals surface area contributed by atoms with Crippen LogP contribution >= 0.6 is 22.9 Å². The van der Waals surface area contributed by atoms with Gasteiger partial charge in [0.05, 0.1) is 21.6 Å². The Morgan fingerprint density at radius 2 is 2.00 bits per heavy atom. The Balaban J connectivity index is 1.57. The van der Waals surface area contributed by atoms with Crippen LogP contribution in [0.1, 0.15) is 35.0 Å². The van der Waals surface area contributed by atoms with E-state index in [1.807, 2.05) is 0 Å². The molecule has 10 heteroatoms. The van der Waals surface area contributed by atoms with Crippen LogP contribution in [0.4, 0.5) is 5.82 Å². The first-order valence-corrected chi connectivity index (χ1v) is 11.2. The topological polar surface area (TPSA) is 97.2 Å². The molecule has 0 aromatic carbocycles. The zero-order chi connectivity index (χ0) is 22.1. The van der Waals surface area contributed by atoms with E-state index in [0.717, 1.165) is 24.2 Å². The molecule has 0 saturated carbocycles. The van der Waals surface area contributed by atoms with Gasteiger partial charge in [0.1, 0.15) is 17.2 Å². The van der Waals surface area contributed by atoms with Gasteiger partial charge in [-0.25, -0.2) is 9.97 Å². The number of anilines is 1. The summed E-state index contributed by atoms with van der Waals surface area (Å²) in [4.78, 5) is 49.5. The molecule has 4 heterocycles. The number of hydrogen-bond donors (Lipinski definition) is 1. The van der Waals surface area contributed by atoms with Gasteiger partial charge >= 0.3 is 0 Å². The Morgan fingerprint density at radius 3 is 2.68 bits per heavy atom. The zero-order valence-electron chi connectivity index (χ0n) is 17.2. The number of thiophene rings is 1. The molecule has 1 fully saturated rings. The minimum absolute atomic E-state index is 0.0539. The van der Waals surface area contributed by atoms with Crippen molar-refractivity contribution in [3.63, 3.8) is 0 Å². The number of halogens is 1. The van der Waals surface area contributed by atoms with E-state index in [-0.39, 0.29) is 23.9 Å². The monoisotopic (exact) mass is 459 g/mol. The summed E-state index contributed by atoms with van der Waals surface area (Å²) in [5.74, 6) is 0.513. The lowest BCUT2D eigenvalue weighted by Gasteiger charge is -2.30. The lowest BCUT2D eigenvalue weighted by atomic mass is 9.99. The maximum atomic E-state index is 13.1. The summed E-state index contributed by atoms with van der Waals surface area (Å²) in [7, 11) is 0. The molecule has 3 aromatic rings. The summed E-state index contributed by atoms with van der Waals surface area (Å²) < 4.78 is 1.32. The van der Waals surface area contributed by atoms with Crippen molar-refractivity contribution in [1.29, 1.82) is 0 Å². The Morgan fingerprint density at radius 1 is 1.26 bits per heavy atom. The van der Waals surface area contributed by atoms with Gasteiger partial charge in [-0.2, -0.15) is 0 Å². The lowest BCUT2D eigenvalue weighted by molar-refractivity contribution is -0.133. The van der Waals surface area contributed by atoms with Gasteiger partial charge in [-0.3, -0.25) is 19.0 Å². The van der Waals surface area contributed by atoms with E-state index < -0.39 is 0 Å². The van der Waals surface area contributed by atoms with Gasteiger partial charge in [-0.05, 0) is 43.4 Å². The number of piperidine rings is 1. The number of carbonyl (C=O) groups excluding carboxylic acids is 2. The van der Waals surface area contributed by atoms with Crippen LogP contribution < -0.4 is 10.9 Å². The zero-order valence-corrected chi connectivity index (χ0v) is 18.8. The Kier molecular flexibility index (Phi) is 6.06. The molecule has 0 spiro atoms. The number of nitrogens with zero attached hydrogens (tertiary/aromatic N) is 4. The van der Waals surface area contributed by atoms with Crippen LogP contribution in [-0.2, 0) is 11.3 Å². The van der Waals surface area contributed by atoms with Crippen molar-refractivity contribution in [1.82, 2.24) is 19.4 Å². The standard InChI is InChI=1S/C21H22ClN5O3S/c1-12-5-7-26(8-6-12)16(28)10-27-11-24-20-17(21(27)30)13(2)18(31-20)19(29)25-15-4-3-14(22)9-23-15/h3-4,9,11-12H,5-8,10H2,1-2H3,(H,23,25,29). The molecule has 0 aliphatic carbocycles. The minimum atomic E-state index is -0.375. The van der Waals surface area contributed by atoms with Crippen LogP contribution in [0, 0.1) is 12.8 Å². The first kappa shape index (κ1) is 21.5. The fraction of sp³-hybridized carbons (Fsp3) is 0.381. The van der Waals surface area contributed by atoms with E-state index in [4.69, 9.17) is 11.6 Å². The lowest BCUT2D eigenvalue weighted by Crippen LogP contribution is -2.41. The maximum Gasteiger partial charge on any atom is 0.267 e. The smallest absolute Gasteiger partial charge is 0.267 e. The minimum Gasteiger partial charge on any atom is -0.341 e. The molecule has 0 unspecified atom stereocenters. The molecule has 4 rings (SSSR count). The molecule has 1 aliphatic heterocycles. The number of aromatic nitrogens is 3. The number of fused-ring (bicyclic) bond motifs is 1. The molecule has 1 aliphatic rings. The van der Waals surface area contributed by atoms with Gasteiger partial charge in [0.2, 0.25) is 5.91 Å². The molecule has 162 valence electrons. The van der Waals surface area contributed by atoms with Gasteiger partial charge < -0.3 is 10.2 Å². The van der Waals surface area contributed by atoms with Crippen LogP contribution in [0.5, 0.6) is 0 Å². The summed E-state index contributed by atoms with van der Waals surface area (Å²) in [5.41, 5.74) is 0.221. The number of nitrogens with one attached hydrogen (secondary N) is 1. The second kappa shape index (κ2) is 8.76. The highest BCUT2D eigenvalue weighted by atomic mass is 35.5. The predicted molar refractivity (Wildman–Crippen MR) is 121 cm³/mol. The van der Waals surface area contributed by atoms with Crippen molar-refractivity contribution in [2.24, 2.45) is 5.92 Å². The molecule has 3 aromatic heterocycles. The van der Waals surface area contributed by atoms with Gasteiger partial charge in [-0.1, -0.05) is 18.5 Å². The Hall–Kier alpha value is -2.78. The van der Waals surface area contributed by atoms with E-state index in [2.05, 4.69) is 22.2 Å². The van der Waals surface area contributed by atoms with Crippen molar-refractivity contribution in [2.45, 2.75) is 33.2 Å². The van der Waals surface area contributed by atoms with Crippen LogP contribution in [-0.4, -0.2) is 44.3 Å². The average Bonchev–Trinajstić information content (AvgIpc) is 3.09. The Bertz CT molecular complexity index is 1200. The highest BCUT2D eigenvalue weighted by Gasteiger charge is 2.23. The van der Waals surface area contributed by atoms with Gasteiger partial charge in [-0.15, -0.1) is 11.3 Å². The number of hydrogen-bond acceptors (Lipinski definition) is 6. The summed E-state index contributed by atoms with van der Waals surface area (Å²) in [5, 5.41) is 3.53. The Labute approximate surface area is 187 Å². The van der Waals surface area contributed by atoms with Crippen LogP contribution in [0.25, 0.3) is 10.2 Å². The number of aryl methyl sites for hydroxylation is 1. The SMILES string of the molecule is Cc1c(C(=O)Nc2ccc(Cl)cn2)sc2ncn(CC(=O)N3CCC(C)CC3)c(=O)c12. The highest BCUT2D eigenvalue weighted by molar-refractivity contribution is 7.20. The molecule has 0 atom stereocenters. The number of carbonyl (C=O) groups is 2. The number of pyridine rings is 1. The molecule has 0 radical (unpaired) electrons. The van der Waals surface area contributed by atoms with Crippen molar-refractivity contribution >= 4 is 50.8 Å². The van der Waals surface area contributed by atoms with Gasteiger partial charge in [0.25, 0.3) is 11.5 Å². The molecule has 1 saturated heterocycles. The van der Waals surface area contributed by atoms with E-state index in [9.17, 15) is 14.4 Å². The number of amides is 2. The second-order valence-corrected chi connectivity index (χ2v) is 9.23. The number of rotatable bonds is 4. The molecular weight excluding hydrogens is 438 g/mol. The highest BCUT2D eigenvalue weighted by Crippen LogP contribution is 2.27. The maximum absolute atomic E-state index is 13.1. The van der Waals surface area contributed by atoms with Crippen molar-refractivity contribution in [3.05, 3.63) is 50.5 Å². The van der Waals surface area contributed by atoms with Crippen molar-refractivity contribution in [2.75, 3.05) is 18.4 Å². The van der Waals surface area contributed by atoms with Gasteiger partial charge in [0.15, 0.2) is 0 Å². The third-order valence-corrected chi connectivity index (χ3v) is 6.96. The van der Waals surface area contributed by atoms with Crippen LogP contribution in [0.2, 0.25) is 5.02 Å². The fourth-order valence-electron chi connectivity index (χ4n) is 3.61. The van der Waals surface area contributed by atoms with E-state index >= 15 is 0 Å². The second-order valence-electron chi connectivity index (χ2n) is 7.79.